The lowest BCUT2D eigenvalue weighted by molar-refractivity contribution is 0.342. The molecule has 4 atom stereocenters. The molecule has 12 nitrogen and oxygen atoms in total. The minimum atomic E-state index is -3.77. The predicted octanol–water partition coefficient (Wildman–Crippen LogP) is 10.8. The van der Waals surface area contributed by atoms with Crippen molar-refractivity contribution in [2.24, 2.45) is 0 Å². The van der Waals surface area contributed by atoms with Crippen molar-refractivity contribution in [2.75, 3.05) is 52.4 Å². The molecular formula is C56H51N5O7P4. The van der Waals surface area contributed by atoms with Gasteiger partial charge in [-0.05, 0) is 54.1 Å². The zero-order chi connectivity index (χ0) is 48.7. The van der Waals surface area contributed by atoms with Crippen molar-refractivity contribution < 1.29 is 31.8 Å². The Hall–Kier alpha value is -6.12. The van der Waals surface area contributed by atoms with Crippen LogP contribution in [0.3, 0.4) is 0 Å². The molecule has 4 unspecified atom stereocenters. The lowest BCUT2D eigenvalue weighted by atomic mass is 10.0. The quantitative estimate of drug-likeness (QED) is 0.0629. The van der Waals surface area contributed by atoms with E-state index in [4.69, 9.17) is 18.1 Å². The van der Waals surface area contributed by atoms with E-state index in [1.807, 2.05) is 185 Å². The Morgan fingerprint density at radius 3 is 1.29 bits per heavy atom. The molecule has 8 aromatic rings. The van der Waals surface area contributed by atoms with Crippen molar-refractivity contribution >= 4 is 52.1 Å². The van der Waals surface area contributed by atoms with Gasteiger partial charge >= 0.3 is 22.6 Å². The highest BCUT2D eigenvalue weighted by Crippen LogP contribution is 2.59. The van der Waals surface area contributed by atoms with Crippen molar-refractivity contribution in [2.45, 2.75) is 0 Å². The van der Waals surface area contributed by atoms with E-state index in [1.54, 1.807) is 0 Å². The third kappa shape index (κ3) is 8.55. The van der Waals surface area contributed by atoms with E-state index in [0.29, 0.717) is 72.4 Å². The average molecular weight is 1030 g/mol. The van der Waals surface area contributed by atoms with E-state index >= 15 is 9.13 Å². The van der Waals surface area contributed by atoms with Gasteiger partial charge in [0.2, 0.25) is 0 Å². The second-order valence-corrected chi connectivity index (χ2v) is 26.0. The molecule has 0 amide bonds. The molecule has 0 bridgehead atoms. The van der Waals surface area contributed by atoms with Gasteiger partial charge in [-0.15, -0.1) is 0 Å². The van der Waals surface area contributed by atoms with Crippen LogP contribution in [0.5, 0.6) is 23.0 Å². The lowest BCUT2D eigenvalue weighted by Crippen LogP contribution is -2.42. The van der Waals surface area contributed by atoms with E-state index in [1.165, 1.54) is 0 Å². The fourth-order valence-corrected chi connectivity index (χ4v) is 18.5. The first kappa shape index (κ1) is 46.9. The summed E-state index contributed by atoms with van der Waals surface area (Å²) in [5.41, 5.74) is 7.43. The molecule has 362 valence electrons. The Bertz CT molecular complexity index is 3500. The van der Waals surface area contributed by atoms with Crippen LogP contribution in [0.1, 0.15) is 0 Å². The highest BCUT2D eigenvalue weighted by atomic mass is 31.2. The minimum Gasteiger partial charge on any atom is -0.453 e. The normalized spacial score (nSPS) is 20.6. The molecular weight excluding hydrogens is 979 g/mol. The topological polar surface area (TPSA) is 131 Å². The van der Waals surface area contributed by atoms with Gasteiger partial charge in [-0.25, -0.2) is 14.4 Å². The maximum Gasteiger partial charge on any atom is 0.350 e. The van der Waals surface area contributed by atoms with Crippen molar-refractivity contribution in [3.63, 3.8) is 0 Å². The fraction of sp³-hybridized carbons (Fsp3) is 0.143. The third-order valence-corrected chi connectivity index (χ3v) is 22.5. The molecule has 12 rings (SSSR count). The average Bonchev–Trinajstić information content (AvgIpc) is 3.42. The van der Waals surface area contributed by atoms with Gasteiger partial charge < -0.3 is 23.4 Å². The predicted molar refractivity (Wildman–Crippen MR) is 290 cm³/mol. The van der Waals surface area contributed by atoms with E-state index < -0.39 is 30.9 Å². The Labute approximate surface area is 420 Å². The van der Waals surface area contributed by atoms with Crippen LogP contribution < -0.4 is 54.8 Å². The van der Waals surface area contributed by atoms with E-state index in [9.17, 15) is 4.57 Å². The van der Waals surface area contributed by atoms with Gasteiger partial charge in [-0.3, -0.25) is 18.8 Å². The van der Waals surface area contributed by atoms with Crippen LogP contribution >= 0.6 is 30.9 Å². The molecule has 0 saturated heterocycles. The Morgan fingerprint density at radius 2 is 0.750 bits per heavy atom. The van der Waals surface area contributed by atoms with Gasteiger partial charge in [0.25, 0.3) is 0 Å². The summed E-state index contributed by atoms with van der Waals surface area (Å²) in [5.74, 6) is 2.49. The Kier molecular flexibility index (Phi) is 12.8. The zero-order valence-electron chi connectivity index (χ0n) is 39.2. The fourth-order valence-electron chi connectivity index (χ4n) is 10.1. The summed E-state index contributed by atoms with van der Waals surface area (Å²) in [4.78, 5) is 0. The highest BCUT2D eigenvalue weighted by molar-refractivity contribution is 7.66. The maximum absolute atomic E-state index is 15.7. The van der Waals surface area contributed by atoms with E-state index in [0.717, 1.165) is 55.6 Å². The standard InChI is InChI=1S/C56H51N5O7P4/c62-70(54-30-14-6-22-46(54)42-18-2-10-26-50(42)66-70)59-36-40-61(72(64)56-32-16-8-24-48(56)44-20-4-12-28-52(44)68-72)38-34-57-33-37-60(71(63)55-31-15-7-23-47(55)43-19-3-11-27-51(43)67-71)39-35-58-69-53-29-13-5-21-45(53)41-17-1-9-25-49(41)65-69/h1-32,57-58H,33-40H2,(H,59,62). The number of rotatable bonds is 16. The number of nitrogens with one attached hydrogen (secondary N) is 3. The van der Waals surface area contributed by atoms with Crippen molar-refractivity contribution in [3.8, 4) is 67.5 Å². The largest absolute Gasteiger partial charge is 0.453 e. The molecule has 0 aliphatic carbocycles. The van der Waals surface area contributed by atoms with Crippen LogP contribution in [0.2, 0.25) is 0 Å². The monoisotopic (exact) mass is 1030 g/mol. The van der Waals surface area contributed by atoms with E-state index in [-0.39, 0.29) is 13.1 Å². The molecule has 0 radical (unpaired) electrons. The van der Waals surface area contributed by atoms with Crippen LogP contribution in [0.25, 0.3) is 44.5 Å². The summed E-state index contributed by atoms with van der Waals surface area (Å²) in [6.07, 6.45) is 0. The maximum atomic E-state index is 15.7. The van der Waals surface area contributed by atoms with Gasteiger partial charge in [0.1, 0.15) is 23.0 Å². The molecule has 0 aromatic heterocycles. The van der Waals surface area contributed by atoms with Gasteiger partial charge in [0, 0.05) is 96.6 Å². The summed E-state index contributed by atoms with van der Waals surface area (Å²) in [5, 5.41) is 13.5. The minimum absolute atomic E-state index is 0.176. The summed E-state index contributed by atoms with van der Waals surface area (Å²) in [7, 11) is -12.3. The number of benzene rings is 8. The smallest absolute Gasteiger partial charge is 0.350 e. The van der Waals surface area contributed by atoms with Gasteiger partial charge in [-0.1, -0.05) is 146 Å². The van der Waals surface area contributed by atoms with Crippen LogP contribution in [-0.2, 0) is 13.7 Å². The first-order valence-electron chi connectivity index (χ1n) is 24.1. The summed E-state index contributed by atoms with van der Waals surface area (Å²) < 4.78 is 76.3. The number of para-hydroxylation sites is 4. The second-order valence-electron chi connectivity index (χ2n) is 17.8. The molecule has 72 heavy (non-hydrogen) atoms. The molecule has 4 aliphatic rings. The Morgan fingerprint density at radius 1 is 0.375 bits per heavy atom. The van der Waals surface area contributed by atoms with Crippen LogP contribution in [-0.4, -0.2) is 61.7 Å². The summed E-state index contributed by atoms with van der Waals surface area (Å²) >= 11 is 0. The zero-order valence-corrected chi connectivity index (χ0v) is 42.8. The molecule has 0 fully saturated rings. The van der Waals surface area contributed by atoms with Gasteiger partial charge in [0.05, 0.1) is 15.9 Å². The number of hydrogen-bond acceptors (Lipinski definition) is 9. The molecule has 16 heteroatoms. The number of fused-ring (bicyclic) bond motifs is 12. The molecule has 4 aliphatic heterocycles. The van der Waals surface area contributed by atoms with Crippen molar-refractivity contribution in [3.05, 3.63) is 194 Å². The van der Waals surface area contributed by atoms with E-state index in [2.05, 4.69) is 33.7 Å². The molecule has 4 heterocycles. The SMILES string of the molecule is O=P1(NCCN(CCNCCN(CCNP2Oc3ccccc3-c3ccccc32)P2(=O)Oc3ccccc3-c3ccccc32)P2(=O)Oc3ccccc3-c3ccccc32)Oc2ccccc2-c2ccccc21. The van der Waals surface area contributed by atoms with Crippen LogP contribution in [0.4, 0.5) is 0 Å². The summed E-state index contributed by atoms with van der Waals surface area (Å²) in [6.45, 7) is 2.72. The third-order valence-electron chi connectivity index (χ3n) is 13.5. The molecule has 0 saturated carbocycles. The van der Waals surface area contributed by atoms with Gasteiger partial charge in [0.15, 0.2) is 8.30 Å². The molecule has 8 aromatic carbocycles. The second kappa shape index (κ2) is 19.7. The van der Waals surface area contributed by atoms with Crippen LogP contribution in [0.15, 0.2) is 194 Å². The Balaban J connectivity index is 0.796. The lowest BCUT2D eigenvalue weighted by Gasteiger charge is -2.37. The number of hydrogen-bond donors (Lipinski definition) is 3. The van der Waals surface area contributed by atoms with Crippen molar-refractivity contribution in [1.82, 2.24) is 24.8 Å². The first-order valence-corrected chi connectivity index (χ1v) is 30.2. The molecule has 3 N–H and O–H groups in total. The highest BCUT2D eigenvalue weighted by Gasteiger charge is 2.44. The summed E-state index contributed by atoms with van der Waals surface area (Å²) in [6, 6.07) is 62.5. The first-order chi connectivity index (χ1) is 35.3. The van der Waals surface area contributed by atoms with Crippen LogP contribution in [0, 0.1) is 0 Å². The number of nitrogens with zero attached hydrogens (tertiary/aromatic N) is 2. The molecule has 0 spiro atoms. The van der Waals surface area contributed by atoms with Crippen molar-refractivity contribution in [1.29, 1.82) is 0 Å². The van der Waals surface area contributed by atoms with Gasteiger partial charge in [-0.2, -0.15) is 0 Å².